The molecule has 1 fully saturated rings. The predicted octanol–water partition coefficient (Wildman–Crippen LogP) is 4.93. The highest BCUT2D eigenvalue weighted by molar-refractivity contribution is 5.89. The lowest BCUT2D eigenvalue weighted by Crippen LogP contribution is -2.16. The lowest BCUT2D eigenvalue weighted by molar-refractivity contribution is 0.0601. The lowest BCUT2D eigenvalue weighted by Gasteiger charge is -2.26. The molecule has 3 aromatic rings. The second-order valence-corrected chi connectivity index (χ2v) is 8.04. The Balaban J connectivity index is 1.50. The van der Waals surface area contributed by atoms with Crippen LogP contribution in [0, 0.1) is 12.8 Å². The van der Waals surface area contributed by atoms with E-state index in [0.717, 1.165) is 28.4 Å². The molecular weight excluding hydrogens is 378 g/mol. The molecule has 7 heteroatoms. The fraction of sp³-hybridized carbons (Fsp3) is 0.391. The topological polar surface area (TPSA) is 81.9 Å². The van der Waals surface area contributed by atoms with Crippen LogP contribution in [0.1, 0.15) is 54.6 Å². The molecule has 0 spiro atoms. The van der Waals surface area contributed by atoms with E-state index in [1.807, 2.05) is 31.5 Å². The maximum absolute atomic E-state index is 11.7. The molecule has 0 amide bonds. The van der Waals surface area contributed by atoms with Crippen LogP contribution >= 0.6 is 0 Å². The number of carbonyl (C=O) groups is 1. The summed E-state index contributed by atoms with van der Waals surface area (Å²) in [7, 11) is 1.37. The minimum absolute atomic E-state index is 0.354. The number of aryl methyl sites for hydroxylation is 1. The summed E-state index contributed by atoms with van der Waals surface area (Å²) >= 11 is 0. The summed E-state index contributed by atoms with van der Waals surface area (Å²) in [6.45, 7) is 4.29. The number of anilines is 2. The fourth-order valence-corrected chi connectivity index (χ4v) is 3.91. The first-order valence-corrected chi connectivity index (χ1v) is 10.4. The van der Waals surface area contributed by atoms with Gasteiger partial charge in [0.25, 0.3) is 0 Å². The Labute approximate surface area is 176 Å². The molecule has 4 rings (SSSR count). The van der Waals surface area contributed by atoms with Crippen molar-refractivity contribution in [3.63, 3.8) is 0 Å². The van der Waals surface area contributed by atoms with Crippen LogP contribution in [0.4, 0.5) is 11.6 Å². The van der Waals surface area contributed by atoms with Crippen molar-refractivity contribution in [1.29, 1.82) is 0 Å². The third-order valence-electron chi connectivity index (χ3n) is 5.77. The van der Waals surface area contributed by atoms with E-state index in [-0.39, 0.29) is 5.97 Å². The minimum Gasteiger partial charge on any atom is -0.465 e. The average Bonchev–Trinajstić information content (AvgIpc) is 3.23. The lowest BCUT2D eigenvalue weighted by atomic mass is 9.87. The Kier molecular flexibility index (Phi) is 5.79. The zero-order valence-corrected chi connectivity index (χ0v) is 17.6. The van der Waals surface area contributed by atoms with Crippen LogP contribution in [0.25, 0.3) is 11.3 Å². The molecule has 0 saturated heterocycles. The monoisotopic (exact) mass is 405 g/mol. The second-order valence-electron chi connectivity index (χ2n) is 8.04. The molecule has 1 aliphatic rings. The van der Waals surface area contributed by atoms with Gasteiger partial charge in [0.2, 0.25) is 5.95 Å². The number of hydrogen-bond donors (Lipinski definition) is 1. The number of aromatic nitrogens is 4. The Morgan fingerprint density at radius 1 is 1.13 bits per heavy atom. The number of benzene rings is 1. The molecule has 1 aromatic carbocycles. The number of nitrogens with zero attached hydrogens (tertiary/aromatic N) is 4. The van der Waals surface area contributed by atoms with Crippen LogP contribution < -0.4 is 5.32 Å². The van der Waals surface area contributed by atoms with Gasteiger partial charge in [-0.3, -0.25) is 4.68 Å². The van der Waals surface area contributed by atoms with Crippen LogP contribution in [-0.4, -0.2) is 32.8 Å². The SMILES string of the molecule is COC(=O)c1ccc(-c2nc(Nc3cnn(C4CCC(C)CC4)c3)ncc2C)cc1. The zero-order valence-electron chi connectivity index (χ0n) is 17.6. The summed E-state index contributed by atoms with van der Waals surface area (Å²) in [5, 5.41) is 7.82. The predicted molar refractivity (Wildman–Crippen MR) is 116 cm³/mol. The Bertz CT molecular complexity index is 1020. The number of carbonyl (C=O) groups excluding carboxylic acids is 1. The molecule has 0 atom stereocenters. The van der Waals surface area contributed by atoms with Gasteiger partial charge in [-0.1, -0.05) is 19.1 Å². The first kappa shape index (κ1) is 20.1. The largest absolute Gasteiger partial charge is 0.465 e. The molecule has 2 aromatic heterocycles. The summed E-state index contributed by atoms with van der Waals surface area (Å²) in [4.78, 5) is 20.8. The van der Waals surface area contributed by atoms with Crippen molar-refractivity contribution in [3.8, 4) is 11.3 Å². The number of rotatable bonds is 5. The fourth-order valence-electron chi connectivity index (χ4n) is 3.91. The Hall–Kier alpha value is -3.22. The summed E-state index contributed by atoms with van der Waals surface area (Å²) in [5.74, 6) is 0.979. The number of hydrogen-bond acceptors (Lipinski definition) is 6. The molecular formula is C23H27N5O2. The molecule has 0 bridgehead atoms. The molecule has 0 aliphatic heterocycles. The van der Waals surface area contributed by atoms with E-state index < -0.39 is 0 Å². The molecule has 156 valence electrons. The molecule has 30 heavy (non-hydrogen) atoms. The van der Waals surface area contributed by atoms with E-state index in [0.29, 0.717) is 17.6 Å². The van der Waals surface area contributed by atoms with Gasteiger partial charge in [-0.05, 0) is 56.2 Å². The van der Waals surface area contributed by atoms with Gasteiger partial charge in [0.05, 0.1) is 36.3 Å². The summed E-state index contributed by atoms with van der Waals surface area (Å²) in [5.41, 5.74) is 4.08. The Morgan fingerprint density at radius 3 is 2.57 bits per heavy atom. The van der Waals surface area contributed by atoms with Gasteiger partial charge in [0.1, 0.15) is 0 Å². The first-order chi connectivity index (χ1) is 14.5. The summed E-state index contributed by atoms with van der Waals surface area (Å²) in [6, 6.07) is 7.69. The third kappa shape index (κ3) is 4.35. The van der Waals surface area contributed by atoms with Crippen molar-refractivity contribution in [2.45, 2.75) is 45.6 Å². The second kappa shape index (κ2) is 8.65. The number of esters is 1. The van der Waals surface area contributed by atoms with Crippen LogP contribution in [-0.2, 0) is 4.74 Å². The third-order valence-corrected chi connectivity index (χ3v) is 5.77. The van der Waals surface area contributed by atoms with Gasteiger partial charge in [-0.25, -0.2) is 14.8 Å². The summed E-state index contributed by atoms with van der Waals surface area (Å²) in [6.07, 6.45) is 10.5. The molecule has 0 unspecified atom stereocenters. The molecule has 2 heterocycles. The Morgan fingerprint density at radius 2 is 1.87 bits per heavy atom. The average molecular weight is 406 g/mol. The van der Waals surface area contributed by atoms with Crippen molar-refractivity contribution in [2.75, 3.05) is 12.4 Å². The van der Waals surface area contributed by atoms with E-state index in [4.69, 9.17) is 4.74 Å². The highest BCUT2D eigenvalue weighted by Gasteiger charge is 2.20. The minimum atomic E-state index is -0.354. The summed E-state index contributed by atoms with van der Waals surface area (Å²) < 4.78 is 6.82. The molecule has 7 nitrogen and oxygen atoms in total. The smallest absolute Gasteiger partial charge is 0.337 e. The van der Waals surface area contributed by atoms with E-state index in [1.54, 1.807) is 18.3 Å². The van der Waals surface area contributed by atoms with Crippen molar-refractivity contribution < 1.29 is 9.53 Å². The van der Waals surface area contributed by atoms with E-state index in [9.17, 15) is 4.79 Å². The van der Waals surface area contributed by atoms with Gasteiger partial charge in [-0.15, -0.1) is 0 Å². The standard InChI is InChI=1S/C23H27N5O2/c1-15-4-10-20(11-5-15)28-14-19(13-25-28)26-23-24-12-16(2)21(27-23)17-6-8-18(9-7-17)22(29)30-3/h6-9,12-15,20H,4-5,10-11H2,1-3H3,(H,24,26,27). The maximum Gasteiger partial charge on any atom is 0.337 e. The number of ether oxygens (including phenoxy) is 1. The van der Waals surface area contributed by atoms with Crippen molar-refractivity contribution in [2.24, 2.45) is 5.92 Å². The van der Waals surface area contributed by atoms with E-state index in [2.05, 4.69) is 32.0 Å². The van der Waals surface area contributed by atoms with Crippen molar-refractivity contribution in [1.82, 2.24) is 19.7 Å². The van der Waals surface area contributed by atoms with Crippen LogP contribution in [0.15, 0.2) is 42.9 Å². The maximum atomic E-state index is 11.7. The molecule has 1 N–H and O–H groups in total. The van der Waals surface area contributed by atoms with Crippen LogP contribution in [0.3, 0.4) is 0 Å². The van der Waals surface area contributed by atoms with Gasteiger partial charge < -0.3 is 10.1 Å². The van der Waals surface area contributed by atoms with Gasteiger partial charge in [0.15, 0.2) is 0 Å². The van der Waals surface area contributed by atoms with Crippen LogP contribution in [0.5, 0.6) is 0 Å². The normalized spacial score (nSPS) is 18.8. The van der Waals surface area contributed by atoms with Crippen molar-refractivity contribution in [3.05, 3.63) is 54.0 Å². The molecule has 1 saturated carbocycles. The van der Waals surface area contributed by atoms with Gasteiger partial charge in [0, 0.05) is 18.0 Å². The van der Waals surface area contributed by atoms with Gasteiger partial charge >= 0.3 is 5.97 Å². The first-order valence-electron chi connectivity index (χ1n) is 10.4. The van der Waals surface area contributed by atoms with Gasteiger partial charge in [-0.2, -0.15) is 5.10 Å². The quantitative estimate of drug-likeness (QED) is 0.606. The number of methoxy groups -OCH3 is 1. The molecule has 1 aliphatic carbocycles. The van der Waals surface area contributed by atoms with E-state index in [1.165, 1.54) is 32.8 Å². The van der Waals surface area contributed by atoms with E-state index >= 15 is 0 Å². The number of nitrogens with one attached hydrogen (secondary N) is 1. The highest BCUT2D eigenvalue weighted by atomic mass is 16.5. The van der Waals surface area contributed by atoms with Crippen molar-refractivity contribution >= 4 is 17.6 Å². The highest BCUT2D eigenvalue weighted by Crippen LogP contribution is 2.32. The zero-order chi connectivity index (χ0) is 21.1. The van der Waals surface area contributed by atoms with Crippen LogP contribution in [0.2, 0.25) is 0 Å². The molecule has 0 radical (unpaired) electrons.